The smallest absolute Gasteiger partial charge is 0.350 e. The molecule has 0 fully saturated rings. The maximum Gasteiger partial charge on any atom is 0.350 e. The SMILES string of the molecule is CC(C)(C)c1ccccc1OC(=O)c1ccccc1[N+](=O)[O-]. The van der Waals surface area contributed by atoms with E-state index in [0.717, 1.165) is 5.56 Å². The van der Waals surface area contributed by atoms with E-state index in [2.05, 4.69) is 0 Å². The van der Waals surface area contributed by atoms with Gasteiger partial charge in [0, 0.05) is 11.6 Å². The number of nitro benzene ring substituents is 1. The Morgan fingerprint density at radius 3 is 2.27 bits per heavy atom. The Morgan fingerprint density at radius 1 is 1.05 bits per heavy atom. The molecule has 0 radical (unpaired) electrons. The lowest BCUT2D eigenvalue weighted by Crippen LogP contribution is -2.17. The second kappa shape index (κ2) is 5.97. The zero-order valence-corrected chi connectivity index (χ0v) is 12.7. The Labute approximate surface area is 128 Å². The van der Waals surface area contributed by atoms with Crippen LogP contribution >= 0.6 is 0 Å². The number of para-hydroxylation sites is 2. The average Bonchev–Trinajstić information content (AvgIpc) is 2.46. The van der Waals surface area contributed by atoms with Crippen molar-refractivity contribution in [3.05, 3.63) is 69.8 Å². The highest BCUT2D eigenvalue weighted by Crippen LogP contribution is 2.32. The van der Waals surface area contributed by atoms with Gasteiger partial charge in [-0.2, -0.15) is 0 Å². The third-order valence-electron chi connectivity index (χ3n) is 3.22. The summed E-state index contributed by atoms with van der Waals surface area (Å²) in [4.78, 5) is 22.7. The van der Waals surface area contributed by atoms with Gasteiger partial charge in [-0.3, -0.25) is 10.1 Å². The molecular weight excluding hydrogens is 282 g/mol. The summed E-state index contributed by atoms with van der Waals surface area (Å²) in [6, 6.07) is 12.9. The fourth-order valence-electron chi connectivity index (χ4n) is 2.14. The van der Waals surface area contributed by atoms with Gasteiger partial charge >= 0.3 is 5.97 Å². The highest BCUT2D eigenvalue weighted by molar-refractivity contribution is 5.95. The number of carbonyl (C=O) groups excluding carboxylic acids is 1. The van der Waals surface area contributed by atoms with Crippen LogP contribution < -0.4 is 4.74 Å². The number of nitro groups is 1. The van der Waals surface area contributed by atoms with Crippen LogP contribution in [0, 0.1) is 10.1 Å². The van der Waals surface area contributed by atoms with E-state index in [0.29, 0.717) is 5.75 Å². The first-order valence-corrected chi connectivity index (χ1v) is 6.86. The van der Waals surface area contributed by atoms with Gasteiger partial charge in [-0.15, -0.1) is 0 Å². The molecule has 0 aliphatic carbocycles. The molecule has 0 spiro atoms. The largest absolute Gasteiger partial charge is 0.422 e. The quantitative estimate of drug-likeness (QED) is 0.370. The Bertz CT molecular complexity index is 717. The molecule has 0 aromatic heterocycles. The fraction of sp³-hybridized carbons (Fsp3) is 0.235. The molecule has 2 aromatic carbocycles. The number of ether oxygens (including phenoxy) is 1. The molecule has 0 amide bonds. The van der Waals surface area contributed by atoms with Gasteiger partial charge in [0.05, 0.1) is 4.92 Å². The molecule has 5 heteroatoms. The Hall–Kier alpha value is -2.69. The minimum absolute atomic E-state index is 0.0591. The predicted molar refractivity (Wildman–Crippen MR) is 83.2 cm³/mol. The van der Waals surface area contributed by atoms with Crippen molar-refractivity contribution in [3.8, 4) is 5.75 Å². The van der Waals surface area contributed by atoms with E-state index in [1.54, 1.807) is 18.2 Å². The standard InChI is InChI=1S/C17H17NO4/c1-17(2,3)13-9-5-7-11-15(13)22-16(19)12-8-4-6-10-14(12)18(20)21/h4-11H,1-3H3. The number of hydrogen-bond donors (Lipinski definition) is 0. The molecule has 0 unspecified atom stereocenters. The van der Waals surface area contributed by atoms with E-state index >= 15 is 0 Å². The van der Waals surface area contributed by atoms with Crippen LogP contribution in [0.2, 0.25) is 0 Å². The summed E-state index contributed by atoms with van der Waals surface area (Å²) < 4.78 is 5.41. The van der Waals surface area contributed by atoms with E-state index in [1.165, 1.54) is 18.2 Å². The molecule has 0 aliphatic heterocycles. The zero-order valence-electron chi connectivity index (χ0n) is 12.7. The second-order valence-corrected chi connectivity index (χ2v) is 5.91. The Balaban J connectivity index is 2.37. The number of nitrogens with zero attached hydrogens (tertiary/aromatic N) is 1. The van der Waals surface area contributed by atoms with Crippen molar-refractivity contribution in [2.45, 2.75) is 26.2 Å². The van der Waals surface area contributed by atoms with Crippen molar-refractivity contribution in [3.63, 3.8) is 0 Å². The molecule has 0 atom stereocenters. The van der Waals surface area contributed by atoms with Gasteiger partial charge in [0.25, 0.3) is 5.69 Å². The molecule has 114 valence electrons. The summed E-state index contributed by atoms with van der Waals surface area (Å²) in [5.41, 5.74) is 0.332. The number of carbonyl (C=O) groups is 1. The molecule has 22 heavy (non-hydrogen) atoms. The van der Waals surface area contributed by atoms with Crippen molar-refractivity contribution in [1.29, 1.82) is 0 Å². The van der Waals surface area contributed by atoms with E-state index in [-0.39, 0.29) is 16.7 Å². The Morgan fingerprint density at radius 2 is 1.64 bits per heavy atom. The first-order chi connectivity index (χ1) is 10.3. The van der Waals surface area contributed by atoms with Gasteiger partial charge < -0.3 is 4.74 Å². The molecule has 0 aliphatic rings. The summed E-state index contributed by atoms with van der Waals surface area (Å²) in [5, 5.41) is 11.0. The van der Waals surface area contributed by atoms with Crippen molar-refractivity contribution < 1.29 is 14.5 Å². The van der Waals surface area contributed by atoms with Crippen LogP contribution in [0.25, 0.3) is 0 Å². The summed E-state index contributed by atoms with van der Waals surface area (Å²) in [6.45, 7) is 6.01. The van der Waals surface area contributed by atoms with Crippen LogP contribution in [-0.2, 0) is 5.41 Å². The first-order valence-electron chi connectivity index (χ1n) is 6.86. The fourth-order valence-corrected chi connectivity index (χ4v) is 2.14. The van der Waals surface area contributed by atoms with Gasteiger partial charge in [0.1, 0.15) is 11.3 Å². The van der Waals surface area contributed by atoms with Gasteiger partial charge in [0.2, 0.25) is 0 Å². The molecule has 0 N–H and O–H groups in total. The molecule has 2 rings (SSSR count). The maximum absolute atomic E-state index is 12.3. The van der Waals surface area contributed by atoms with Crippen molar-refractivity contribution in [2.75, 3.05) is 0 Å². The molecule has 0 saturated carbocycles. The lowest BCUT2D eigenvalue weighted by atomic mass is 9.86. The van der Waals surface area contributed by atoms with Gasteiger partial charge in [0.15, 0.2) is 0 Å². The van der Waals surface area contributed by atoms with Gasteiger partial charge in [-0.05, 0) is 17.5 Å². The summed E-state index contributed by atoms with van der Waals surface area (Å²) >= 11 is 0. The zero-order chi connectivity index (χ0) is 16.3. The molecule has 2 aromatic rings. The third kappa shape index (κ3) is 3.31. The molecule has 0 saturated heterocycles. The van der Waals surface area contributed by atoms with Gasteiger partial charge in [-0.1, -0.05) is 51.1 Å². The topological polar surface area (TPSA) is 69.4 Å². The predicted octanol–water partition coefficient (Wildman–Crippen LogP) is 4.11. The number of benzene rings is 2. The van der Waals surface area contributed by atoms with Gasteiger partial charge in [-0.25, -0.2) is 4.79 Å². The van der Waals surface area contributed by atoms with Crippen LogP contribution in [0.15, 0.2) is 48.5 Å². The minimum atomic E-state index is -0.732. The van der Waals surface area contributed by atoms with Crippen molar-refractivity contribution in [1.82, 2.24) is 0 Å². The van der Waals surface area contributed by atoms with Crippen LogP contribution in [0.3, 0.4) is 0 Å². The summed E-state index contributed by atoms with van der Waals surface area (Å²) in [5.74, 6) is -0.317. The second-order valence-electron chi connectivity index (χ2n) is 5.91. The third-order valence-corrected chi connectivity index (χ3v) is 3.22. The van der Waals surface area contributed by atoms with E-state index < -0.39 is 10.9 Å². The maximum atomic E-state index is 12.3. The monoisotopic (exact) mass is 299 g/mol. The summed E-state index contributed by atoms with van der Waals surface area (Å²) in [7, 11) is 0. The van der Waals surface area contributed by atoms with E-state index in [9.17, 15) is 14.9 Å². The van der Waals surface area contributed by atoms with Crippen molar-refractivity contribution in [2.24, 2.45) is 0 Å². The minimum Gasteiger partial charge on any atom is -0.422 e. The normalized spacial score (nSPS) is 11.0. The highest BCUT2D eigenvalue weighted by Gasteiger charge is 2.24. The lowest BCUT2D eigenvalue weighted by Gasteiger charge is -2.22. The molecule has 0 bridgehead atoms. The van der Waals surface area contributed by atoms with Crippen LogP contribution in [-0.4, -0.2) is 10.9 Å². The molecular formula is C17H17NO4. The van der Waals surface area contributed by atoms with Crippen molar-refractivity contribution >= 4 is 11.7 Å². The van der Waals surface area contributed by atoms with Crippen LogP contribution in [0.4, 0.5) is 5.69 Å². The Kier molecular flexibility index (Phi) is 4.26. The number of rotatable bonds is 3. The first kappa shape index (κ1) is 15.7. The summed E-state index contributed by atoms with van der Waals surface area (Å²) in [6.07, 6.45) is 0. The number of hydrogen-bond acceptors (Lipinski definition) is 4. The van der Waals surface area contributed by atoms with Crippen LogP contribution in [0.5, 0.6) is 5.75 Å². The molecule has 0 heterocycles. The average molecular weight is 299 g/mol. The lowest BCUT2D eigenvalue weighted by molar-refractivity contribution is -0.385. The highest BCUT2D eigenvalue weighted by atomic mass is 16.6. The van der Waals surface area contributed by atoms with E-state index in [1.807, 2.05) is 32.9 Å². The van der Waals surface area contributed by atoms with E-state index in [4.69, 9.17) is 4.74 Å². The molecule has 5 nitrogen and oxygen atoms in total. The van der Waals surface area contributed by atoms with Crippen LogP contribution in [0.1, 0.15) is 36.7 Å². The number of esters is 1.